The summed E-state index contributed by atoms with van der Waals surface area (Å²) in [5.41, 5.74) is 0.161. The molecule has 3 N–H and O–H groups in total. The molecule has 2 rings (SSSR count). The largest absolute Gasteiger partial charge is 0.320 e. The Kier molecular flexibility index (Phi) is 8.01. The summed E-state index contributed by atoms with van der Waals surface area (Å²) < 4.78 is 40.7. The molecule has 0 aliphatic carbocycles. The smallest absolute Gasteiger partial charge is 0.279 e. The van der Waals surface area contributed by atoms with Crippen LogP contribution >= 0.6 is 15.9 Å². The van der Waals surface area contributed by atoms with Gasteiger partial charge in [-0.3, -0.25) is 9.59 Å². The van der Waals surface area contributed by atoms with Gasteiger partial charge >= 0.3 is 0 Å². The Balaban J connectivity index is 1.98. The van der Waals surface area contributed by atoms with E-state index in [0.717, 1.165) is 16.6 Å². The minimum Gasteiger partial charge on any atom is -0.320 e. The van der Waals surface area contributed by atoms with Gasteiger partial charge in [-0.15, -0.1) is 0 Å². The highest BCUT2D eigenvalue weighted by atomic mass is 79.9. The maximum absolute atomic E-state index is 13.7. The summed E-state index contributed by atoms with van der Waals surface area (Å²) in [7, 11) is 0. The quantitative estimate of drug-likeness (QED) is 0.532. The summed E-state index contributed by atoms with van der Waals surface area (Å²) in [6.45, 7) is 2.31. The molecule has 9 heteroatoms. The van der Waals surface area contributed by atoms with Crippen LogP contribution in [0.1, 0.15) is 13.3 Å². The first-order valence-electron chi connectivity index (χ1n) is 8.63. The number of hydrogen-bond acceptors (Lipinski definition) is 2. The van der Waals surface area contributed by atoms with E-state index in [-0.39, 0.29) is 19.0 Å². The Morgan fingerprint density at radius 1 is 0.929 bits per heavy atom. The van der Waals surface area contributed by atoms with E-state index in [2.05, 4.69) is 26.6 Å². The number of carbonyl (C=O) groups excluding carboxylic acids is 2. The molecule has 2 aromatic rings. The second-order valence-electron chi connectivity index (χ2n) is 6.15. The van der Waals surface area contributed by atoms with Crippen molar-refractivity contribution in [3.63, 3.8) is 0 Å². The fourth-order valence-electron chi connectivity index (χ4n) is 2.62. The molecule has 2 aromatic carbocycles. The van der Waals surface area contributed by atoms with E-state index in [1.54, 1.807) is 18.2 Å². The highest BCUT2D eigenvalue weighted by molar-refractivity contribution is 9.10. The zero-order chi connectivity index (χ0) is 20.7. The Bertz CT molecular complexity index is 864. The Morgan fingerprint density at radius 3 is 2.14 bits per heavy atom. The number of anilines is 2. The van der Waals surface area contributed by atoms with Gasteiger partial charge in [-0.1, -0.05) is 19.1 Å². The third-order valence-electron chi connectivity index (χ3n) is 3.88. The van der Waals surface area contributed by atoms with Crippen LogP contribution in [0.3, 0.4) is 0 Å². The van der Waals surface area contributed by atoms with E-state index < -0.39 is 29.0 Å². The zero-order valence-electron chi connectivity index (χ0n) is 15.1. The van der Waals surface area contributed by atoms with Crippen molar-refractivity contribution in [2.75, 3.05) is 30.3 Å². The first kappa shape index (κ1) is 21.9. The van der Waals surface area contributed by atoms with Crippen LogP contribution in [0, 0.1) is 17.5 Å². The number of rotatable bonds is 8. The normalized spacial score (nSPS) is 11.8. The summed E-state index contributed by atoms with van der Waals surface area (Å²) in [6.07, 6.45) is 0.713. The topological polar surface area (TPSA) is 62.6 Å². The van der Waals surface area contributed by atoms with Gasteiger partial charge in [-0.2, -0.15) is 0 Å². The van der Waals surface area contributed by atoms with E-state index in [1.165, 1.54) is 0 Å². The fraction of sp³-hybridized carbons (Fsp3) is 0.263. The average Bonchev–Trinajstić information content (AvgIpc) is 2.64. The van der Waals surface area contributed by atoms with Crippen molar-refractivity contribution in [2.24, 2.45) is 0 Å². The van der Waals surface area contributed by atoms with Crippen LogP contribution in [0.4, 0.5) is 24.5 Å². The van der Waals surface area contributed by atoms with Crippen molar-refractivity contribution in [3.8, 4) is 0 Å². The number of amides is 2. The number of benzene rings is 2. The van der Waals surface area contributed by atoms with Gasteiger partial charge in [0, 0.05) is 4.47 Å². The van der Waals surface area contributed by atoms with Crippen LogP contribution in [0.5, 0.6) is 0 Å². The van der Waals surface area contributed by atoms with Crippen LogP contribution in [0.15, 0.2) is 40.9 Å². The molecule has 0 aromatic heterocycles. The van der Waals surface area contributed by atoms with Crippen molar-refractivity contribution < 1.29 is 27.7 Å². The monoisotopic (exact) mass is 458 g/mol. The van der Waals surface area contributed by atoms with Crippen LogP contribution in [-0.2, 0) is 9.59 Å². The molecule has 0 bridgehead atoms. The van der Waals surface area contributed by atoms with Crippen LogP contribution in [0.2, 0.25) is 0 Å². The van der Waals surface area contributed by atoms with E-state index in [9.17, 15) is 22.8 Å². The minimum atomic E-state index is -1.65. The first-order chi connectivity index (χ1) is 13.3. The SMILES string of the molecule is CCC[NH+](CC(=O)Nc1ccccc1Br)CC(=O)Nc1ccc(F)c(F)c1F. The van der Waals surface area contributed by atoms with Gasteiger partial charge in [0.2, 0.25) is 0 Å². The lowest BCUT2D eigenvalue weighted by Gasteiger charge is -2.18. The molecule has 0 saturated heterocycles. The van der Waals surface area contributed by atoms with E-state index in [4.69, 9.17) is 0 Å². The lowest BCUT2D eigenvalue weighted by atomic mass is 10.2. The third-order valence-corrected chi connectivity index (χ3v) is 4.57. The number of quaternary nitrogens is 1. The number of para-hydroxylation sites is 1. The van der Waals surface area contributed by atoms with Crippen molar-refractivity contribution in [2.45, 2.75) is 13.3 Å². The van der Waals surface area contributed by atoms with Gasteiger partial charge in [-0.25, -0.2) is 13.2 Å². The maximum Gasteiger partial charge on any atom is 0.279 e. The van der Waals surface area contributed by atoms with Crippen LogP contribution in [0.25, 0.3) is 0 Å². The van der Waals surface area contributed by atoms with Crippen LogP contribution in [-0.4, -0.2) is 31.4 Å². The summed E-state index contributed by atoms with van der Waals surface area (Å²) >= 11 is 3.34. The molecular weight excluding hydrogens is 439 g/mol. The van der Waals surface area contributed by atoms with Gasteiger partial charge in [0.15, 0.2) is 30.5 Å². The van der Waals surface area contributed by atoms with Gasteiger partial charge in [-0.05, 0) is 46.6 Å². The molecule has 150 valence electrons. The molecule has 1 atom stereocenters. The number of nitrogens with one attached hydrogen (secondary N) is 3. The van der Waals surface area contributed by atoms with E-state index >= 15 is 0 Å². The molecule has 1 unspecified atom stereocenters. The minimum absolute atomic E-state index is 0.0167. The third kappa shape index (κ3) is 6.07. The molecule has 5 nitrogen and oxygen atoms in total. The zero-order valence-corrected chi connectivity index (χ0v) is 16.7. The molecule has 0 heterocycles. The van der Waals surface area contributed by atoms with E-state index in [1.807, 2.05) is 13.0 Å². The maximum atomic E-state index is 13.7. The van der Waals surface area contributed by atoms with Gasteiger partial charge in [0.25, 0.3) is 11.8 Å². The van der Waals surface area contributed by atoms with Crippen molar-refractivity contribution in [1.82, 2.24) is 0 Å². The van der Waals surface area contributed by atoms with Gasteiger partial charge < -0.3 is 15.5 Å². The molecule has 28 heavy (non-hydrogen) atoms. The number of hydrogen-bond donors (Lipinski definition) is 3. The van der Waals surface area contributed by atoms with Gasteiger partial charge in [0.05, 0.1) is 17.9 Å². The standard InChI is InChI=1S/C19H19BrF3N3O2/c1-2-9-26(10-16(27)24-14-6-4-3-5-12(14)20)11-17(28)25-15-8-7-13(21)18(22)19(15)23/h3-8H,2,9-11H2,1H3,(H,24,27)(H,25,28)/p+1. The summed E-state index contributed by atoms with van der Waals surface area (Å²) in [4.78, 5) is 25.1. The number of halogens is 4. The average molecular weight is 459 g/mol. The van der Waals surface area contributed by atoms with Crippen molar-refractivity contribution >= 4 is 39.1 Å². The first-order valence-corrected chi connectivity index (χ1v) is 9.42. The fourth-order valence-corrected chi connectivity index (χ4v) is 3.00. The predicted octanol–water partition coefficient (Wildman–Crippen LogP) is 2.74. The lowest BCUT2D eigenvalue weighted by Crippen LogP contribution is -3.14. The summed E-state index contributed by atoms with van der Waals surface area (Å²) in [5.74, 6) is -5.35. The molecule has 0 saturated carbocycles. The number of carbonyl (C=O) groups is 2. The van der Waals surface area contributed by atoms with E-state index in [0.29, 0.717) is 23.6 Å². The highest BCUT2D eigenvalue weighted by Gasteiger charge is 2.20. The molecule has 0 aliphatic rings. The molecule has 0 aliphatic heterocycles. The highest BCUT2D eigenvalue weighted by Crippen LogP contribution is 2.21. The van der Waals surface area contributed by atoms with Crippen LogP contribution < -0.4 is 15.5 Å². The second-order valence-corrected chi connectivity index (χ2v) is 7.01. The Hall–Kier alpha value is -2.39. The Labute approximate surface area is 169 Å². The van der Waals surface area contributed by atoms with Gasteiger partial charge in [0.1, 0.15) is 0 Å². The molecule has 0 fully saturated rings. The molecule has 0 spiro atoms. The molecule has 2 amide bonds. The lowest BCUT2D eigenvalue weighted by molar-refractivity contribution is -0.883. The predicted molar refractivity (Wildman–Crippen MR) is 104 cm³/mol. The second kappa shape index (κ2) is 10.2. The summed E-state index contributed by atoms with van der Waals surface area (Å²) in [6, 6.07) is 8.80. The summed E-state index contributed by atoms with van der Waals surface area (Å²) in [5, 5.41) is 4.97. The molecular formula is C19H20BrF3N3O2+. The molecule has 0 radical (unpaired) electrons. The van der Waals surface area contributed by atoms with Crippen molar-refractivity contribution in [3.05, 3.63) is 58.3 Å². The Morgan fingerprint density at radius 2 is 1.54 bits per heavy atom. The van der Waals surface area contributed by atoms with Crippen molar-refractivity contribution in [1.29, 1.82) is 0 Å².